The molecule has 39 heavy (non-hydrogen) atoms. The first-order chi connectivity index (χ1) is 18.3. The molecule has 0 radical (unpaired) electrons. The molecule has 0 bridgehead atoms. The summed E-state index contributed by atoms with van der Waals surface area (Å²) < 4.78 is 41.6. The Bertz CT molecular complexity index is 629. The predicted molar refractivity (Wildman–Crippen MR) is 145 cm³/mol. The first kappa shape index (κ1) is 40.0. The molecule has 2 amide bonds. The minimum Gasteiger partial charge on any atom is -0.756 e. The quantitative estimate of drug-likeness (QED) is 0.0895. The summed E-state index contributed by atoms with van der Waals surface area (Å²) in [7, 11) is -1.49. The predicted octanol–water partition coefficient (Wildman–Crippen LogP) is 1.55. The molecular weight excluding hydrogens is 535 g/mol. The van der Waals surface area contributed by atoms with E-state index in [4.69, 9.17) is 24.1 Å². The highest BCUT2D eigenvalue weighted by Crippen LogP contribution is 2.36. The molecule has 0 aliphatic heterocycles. The smallest absolute Gasteiger partial charge is 0.267 e. The number of aliphatic hydroxyl groups is 1. The van der Waals surface area contributed by atoms with Crippen molar-refractivity contribution in [1.29, 1.82) is 0 Å². The number of unbranched alkanes of at least 4 members (excludes halogenated alkanes) is 3. The molecule has 234 valence electrons. The average molecular weight is 588 g/mol. The van der Waals surface area contributed by atoms with Gasteiger partial charge in [0.15, 0.2) is 0 Å². The second-order valence-electron chi connectivity index (χ2n) is 8.50. The summed E-state index contributed by atoms with van der Waals surface area (Å²) in [5.41, 5.74) is 0. The molecule has 2 unspecified atom stereocenters. The molecule has 0 aromatic carbocycles. The summed E-state index contributed by atoms with van der Waals surface area (Å²) in [4.78, 5) is 34.8. The zero-order valence-corrected chi connectivity index (χ0v) is 23.9. The first-order valence-electron chi connectivity index (χ1n) is 13.3. The molecule has 13 nitrogen and oxygen atoms in total. The highest BCUT2D eigenvalue weighted by atomic mass is 31.2. The number of phosphoric ester groups is 1. The number of carbonyl (C=O) groups is 2. The molecule has 0 aromatic heterocycles. The topological polar surface area (TPSA) is 174 Å². The van der Waals surface area contributed by atoms with Crippen LogP contribution in [0.1, 0.15) is 65.2 Å². The van der Waals surface area contributed by atoms with Crippen molar-refractivity contribution in [3.63, 3.8) is 0 Å². The third kappa shape index (κ3) is 28.2. The molecule has 0 aliphatic rings. The van der Waals surface area contributed by atoms with Gasteiger partial charge in [-0.2, -0.15) is 0 Å². The van der Waals surface area contributed by atoms with Crippen molar-refractivity contribution in [2.75, 3.05) is 80.2 Å². The van der Waals surface area contributed by atoms with Crippen LogP contribution in [0.25, 0.3) is 0 Å². The highest BCUT2D eigenvalue weighted by Gasteiger charge is 2.10. The van der Waals surface area contributed by atoms with Crippen molar-refractivity contribution in [2.45, 2.75) is 71.3 Å². The van der Waals surface area contributed by atoms with Crippen LogP contribution in [0, 0.1) is 0 Å². The van der Waals surface area contributed by atoms with Gasteiger partial charge in [0.25, 0.3) is 7.82 Å². The number of phosphoric acid groups is 1. The van der Waals surface area contributed by atoms with Crippen LogP contribution in [0.3, 0.4) is 0 Å². The number of hydrogen-bond acceptors (Lipinski definition) is 11. The minimum atomic E-state index is -4.15. The van der Waals surface area contributed by atoms with E-state index < -0.39 is 7.82 Å². The minimum absolute atomic E-state index is 0. The SMILES string of the molecule is C.COCCOCC(COCCCNC(=O)CCCC(=O)NCCCCCCOP(=O)([O-])OC)OCCCO. The second kappa shape index (κ2) is 28.4. The van der Waals surface area contributed by atoms with Crippen LogP contribution in [0.2, 0.25) is 0 Å². The Kier molecular flexibility index (Phi) is 29.1. The van der Waals surface area contributed by atoms with Crippen molar-refractivity contribution in [1.82, 2.24) is 10.6 Å². The van der Waals surface area contributed by atoms with E-state index in [1.165, 1.54) is 0 Å². The third-order valence-electron chi connectivity index (χ3n) is 5.16. The molecule has 0 saturated carbocycles. The molecule has 0 fully saturated rings. The Balaban J connectivity index is 0. The number of carbonyl (C=O) groups excluding carboxylic acids is 2. The molecule has 0 aromatic rings. The Morgan fingerprint density at radius 3 is 2.03 bits per heavy atom. The van der Waals surface area contributed by atoms with Crippen molar-refractivity contribution >= 4 is 19.6 Å². The normalized spacial score (nSPS) is 13.3. The zero-order chi connectivity index (χ0) is 28.3. The largest absolute Gasteiger partial charge is 0.756 e. The van der Waals surface area contributed by atoms with Crippen LogP contribution in [0.15, 0.2) is 0 Å². The maximum atomic E-state index is 11.9. The molecule has 0 rings (SSSR count). The van der Waals surface area contributed by atoms with Crippen LogP contribution in [-0.2, 0) is 42.1 Å². The number of nitrogens with one attached hydrogen (secondary N) is 2. The van der Waals surface area contributed by atoms with E-state index in [0.29, 0.717) is 78.4 Å². The van der Waals surface area contributed by atoms with Gasteiger partial charge in [-0.3, -0.25) is 14.2 Å². The van der Waals surface area contributed by atoms with Crippen LogP contribution >= 0.6 is 7.82 Å². The lowest BCUT2D eigenvalue weighted by atomic mass is 10.2. The number of hydrogen-bond donors (Lipinski definition) is 3. The van der Waals surface area contributed by atoms with Crippen molar-refractivity contribution in [2.24, 2.45) is 0 Å². The van der Waals surface area contributed by atoms with Gasteiger partial charge in [0.2, 0.25) is 11.8 Å². The van der Waals surface area contributed by atoms with Crippen LogP contribution in [0.5, 0.6) is 0 Å². The highest BCUT2D eigenvalue weighted by molar-refractivity contribution is 7.45. The van der Waals surface area contributed by atoms with Crippen LogP contribution < -0.4 is 15.5 Å². The van der Waals surface area contributed by atoms with Gasteiger partial charge >= 0.3 is 0 Å². The molecule has 0 aliphatic carbocycles. The maximum Gasteiger partial charge on any atom is 0.267 e. The summed E-state index contributed by atoms with van der Waals surface area (Å²) in [5, 5.41) is 14.5. The van der Waals surface area contributed by atoms with E-state index in [2.05, 4.69) is 19.7 Å². The van der Waals surface area contributed by atoms with E-state index in [1.807, 2.05) is 0 Å². The number of ether oxygens (including phenoxy) is 4. The van der Waals surface area contributed by atoms with Gasteiger partial charge in [-0.25, -0.2) is 0 Å². The standard InChI is InChI=1S/C24H49N2O11P.CH4/c1-32-18-19-35-21-22(36-16-9-14-27)20-34-15-8-13-26-24(29)11-7-10-23(28)25-12-5-3-4-6-17-37-38(30,31)33-2;/h22,27H,3-21H2,1-2H3,(H,25,28)(H,26,29)(H,30,31);1H4/p-1. The van der Waals surface area contributed by atoms with E-state index >= 15 is 0 Å². The summed E-state index contributed by atoms with van der Waals surface area (Å²) in [6, 6.07) is 0. The lowest BCUT2D eigenvalue weighted by Gasteiger charge is -2.19. The monoisotopic (exact) mass is 587 g/mol. The summed E-state index contributed by atoms with van der Waals surface area (Å²) in [6.07, 6.45) is 4.99. The second-order valence-corrected chi connectivity index (χ2v) is 10.0. The molecule has 0 spiro atoms. The lowest BCUT2D eigenvalue weighted by molar-refractivity contribution is -0.223. The van der Waals surface area contributed by atoms with Gasteiger partial charge in [0, 0.05) is 60.0 Å². The maximum absolute atomic E-state index is 11.9. The fourth-order valence-corrected chi connectivity index (χ4v) is 3.51. The van der Waals surface area contributed by atoms with E-state index in [0.717, 1.165) is 26.4 Å². The number of aliphatic hydroxyl groups excluding tert-OH is 1. The Hall–Kier alpha value is -1.15. The van der Waals surface area contributed by atoms with E-state index in [1.54, 1.807) is 7.11 Å². The zero-order valence-electron chi connectivity index (χ0n) is 23.0. The molecule has 3 N–H and O–H groups in total. The lowest BCUT2D eigenvalue weighted by Crippen LogP contribution is -2.29. The molecule has 0 heterocycles. The molecule has 2 atom stereocenters. The Morgan fingerprint density at radius 1 is 0.795 bits per heavy atom. The summed E-state index contributed by atoms with van der Waals surface area (Å²) in [5.74, 6) is -0.197. The van der Waals surface area contributed by atoms with Gasteiger partial charge in [-0.05, 0) is 32.1 Å². The number of amides is 2. The van der Waals surface area contributed by atoms with E-state index in [9.17, 15) is 19.0 Å². The number of methoxy groups -OCH3 is 1. The van der Waals surface area contributed by atoms with Gasteiger partial charge < -0.3 is 48.6 Å². The van der Waals surface area contributed by atoms with Gasteiger partial charge in [-0.1, -0.05) is 20.3 Å². The first-order valence-corrected chi connectivity index (χ1v) is 14.7. The van der Waals surface area contributed by atoms with Gasteiger partial charge in [0.1, 0.15) is 6.10 Å². The third-order valence-corrected chi connectivity index (χ3v) is 6.10. The van der Waals surface area contributed by atoms with Crippen LogP contribution in [-0.4, -0.2) is 103 Å². The van der Waals surface area contributed by atoms with Crippen molar-refractivity contribution < 1.29 is 52.1 Å². The van der Waals surface area contributed by atoms with E-state index in [-0.39, 0.29) is 51.4 Å². The Morgan fingerprint density at radius 2 is 1.41 bits per heavy atom. The van der Waals surface area contributed by atoms with Crippen molar-refractivity contribution in [3.8, 4) is 0 Å². The average Bonchev–Trinajstić information content (AvgIpc) is 2.89. The summed E-state index contributed by atoms with van der Waals surface area (Å²) in [6.45, 7) is 3.75. The molecular formula is C25H52N2O11P-. The van der Waals surface area contributed by atoms with Crippen molar-refractivity contribution in [3.05, 3.63) is 0 Å². The Labute approximate surface area is 234 Å². The molecule has 14 heteroatoms. The fraction of sp³-hybridized carbons (Fsp3) is 0.920. The number of rotatable bonds is 28. The van der Waals surface area contributed by atoms with Gasteiger partial charge in [-0.15, -0.1) is 0 Å². The fourth-order valence-electron chi connectivity index (χ4n) is 3.06. The molecule has 0 saturated heterocycles. The van der Waals surface area contributed by atoms with Gasteiger partial charge in [0.05, 0.1) is 33.0 Å². The van der Waals surface area contributed by atoms with Crippen LogP contribution in [0.4, 0.5) is 0 Å². The summed E-state index contributed by atoms with van der Waals surface area (Å²) >= 11 is 0.